The fourth-order valence-corrected chi connectivity index (χ4v) is 2.42. The van der Waals surface area contributed by atoms with E-state index in [4.69, 9.17) is 0 Å². The number of anilines is 1. The molecule has 118 valence electrons. The van der Waals surface area contributed by atoms with Crippen LogP contribution in [0.15, 0.2) is 48.8 Å². The number of aryl methyl sites for hydroxylation is 1. The summed E-state index contributed by atoms with van der Waals surface area (Å²) in [4.78, 5) is 18.8. The molecule has 0 unspecified atom stereocenters. The fraction of sp³-hybridized carbons (Fsp3) is 0.222. The predicted octanol–water partition coefficient (Wildman–Crippen LogP) is 2.64. The smallest absolute Gasteiger partial charge is 0.251 e. The lowest BCUT2D eigenvalue weighted by Gasteiger charge is -2.13. The Balaban J connectivity index is 1.71. The van der Waals surface area contributed by atoms with Crippen LogP contribution in [0, 0.1) is 6.92 Å². The van der Waals surface area contributed by atoms with Gasteiger partial charge >= 0.3 is 0 Å². The zero-order valence-corrected chi connectivity index (χ0v) is 13.6. The van der Waals surface area contributed by atoms with E-state index in [1.807, 2.05) is 79.1 Å². The highest BCUT2D eigenvalue weighted by Gasteiger charge is 2.08. The lowest BCUT2D eigenvalue weighted by molar-refractivity contribution is 0.0950. The van der Waals surface area contributed by atoms with Crippen molar-refractivity contribution >= 4 is 17.2 Å². The number of hydrogen-bond donors (Lipinski definition) is 1. The van der Waals surface area contributed by atoms with Crippen LogP contribution in [-0.2, 0) is 6.54 Å². The van der Waals surface area contributed by atoms with Crippen molar-refractivity contribution in [2.45, 2.75) is 13.5 Å². The van der Waals surface area contributed by atoms with E-state index < -0.39 is 0 Å². The zero-order chi connectivity index (χ0) is 16.4. The molecule has 0 bridgehead atoms. The van der Waals surface area contributed by atoms with Crippen LogP contribution < -0.4 is 10.2 Å². The summed E-state index contributed by atoms with van der Waals surface area (Å²) in [7, 11) is 3.91. The molecule has 1 aromatic carbocycles. The van der Waals surface area contributed by atoms with Gasteiger partial charge in [0.15, 0.2) is 0 Å². The summed E-state index contributed by atoms with van der Waals surface area (Å²) < 4.78 is 1.96. The first-order valence-electron chi connectivity index (χ1n) is 7.53. The predicted molar refractivity (Wildman–Crippen MR) is 91.9 cm³/mol. The second kappa shape index (κ2) is 6.12. The van der Waals surface area contributed by atoms with Crippen molar-refractivity contribution in [3.8, 4) is 0 Å². The third-order valence-electron chi connectivity index (χ3n) is 3.72. The van der Waals surface area contributed by atoms with Crippen LogP contribution in [-0.4, -0.2) is 29.4 Å². The Labute approximate surface area is 135 Å². The molecule has 0 saturated heterocycles. The maximum atomic E-state index is 12.3. The van der Waals surface area contributed by atoms with Gasteiger partial charge in [-0.05, 0) is 42.8 Å². The first kappa shape index (κ1) is 15.1. The minimum absolute atomic E-state index is 0.0954. The van der Waals surface area contributed by atoms with Gasteiger partial charge < -0.3 is 14.6 Å². The van der Waals surface area contributed by atoms with Gasteiger partial charge in [0.2, 0.25) is 0 Å². The number of nitrogens with zero attached hydrogens (tertiary/aromatic N) is 3. The molecule has 0 aliphatic heterocycles. The summed E-state index contributed by atoms with van der Waals surface area (Å²) >= 11 is 0. The van der Waals surface area contributed by atoms with E-state index in [1.165, 1.54) is 5.56 Å². The third-order valence-corrected chi connectivity index (χ3v) is 3.72. The number of benzene rings is 1. The fourth-order valence-electron chi connectivity index (χ4n) is 2.42. The zero-order valence-electron chi connectivity index (χ0n) is 13.6. The number of carbonyl (C=O) groups is 1. The number of rotatable bonds is 4. The Hall–Kier alpha value is -2.82. The van der Waals surface area contributed by atoms with Gasteiger partial charge in [0.1, 0.15) is 5.65 Å². The van der Waals surface area contributed by atoms with Gasteiger partial charge in [0, 0.05) is 37.7 Å². The molecule has 0 atom stereocenters. The molecule has 0 aliphatic carbocycles. The molecule has 1 N–H and O–H groups in total. The largest absolute Gasteiger partial charge is 0.378 e. The van der Waals surface area contributed by atoms with Crippen LogP contribution in [0.4, 0.5) is 5.69 Å². The summed E-state index contributed by atoms with van der Waals surface area (Å²) in [6, 6.07) is 11.6. The van der Waals surface area contributed by atoms with Gasteiger partial charge in [-0.15, -0.1) is 0 Å². The molecular formula is C18H20N4O. The molecule has 2 heterocycles. The molecule has 5 nitrogen and oxygen atoms in total. The van der Waals surface area contributed by atoms with E-state index in [1.54, 1.807) is 0 Å². The highest BCUT2D eigenvalue weighted by Crippen LogP contribution is 2.13. The summed E-state index contributed by atoms with van der Waals surface area (Å²) in [6.45, 7) is 2.44. The van der Waals surface area contributed by atoms with E-state index in [0.29, 0.717) is 12.1 Å². The van der Waals surface area contributed by atoms with E-state index in [0.717, 1.165) is 17.0 Å². The van der Waals surface area contributed by atoms with Crippen LogP contribution in [0.2, 0.25) is 0 Å². The molecule has 0 fully saturated rings. The maximum absolute atomic E-state index is 12.3. The number of hydrogen-bond acceptors (Lipinski definition) is 3. The van der Waals surface area contributed by atoms with Crippen LogP contribution >= 0.6 is 0 Å². The minimum Gasteiger partial charge on any atom is -0.378 e. The van der Waals surface area contributed by atoms with Crippen molar-refractivity contribution in [1.82, 2.24) is 14.7 Å². The topological polar surface area (TPSA) is 49.6 Å². The Morgan fingerprint density at radius 3 is 2.87 bits per heavy atom. The normalized spacial score (nSPS) is 10.7. The molecule has 3 aromatic rings. The first-order valence-corrected chi connectivity index (χ1v) is 7.53. The lowest BCUT2D eigenvalue weighted by atomic mass is 10.2. The summed E-state index contributed by atoms with van der Waals surface area (Å²) in [5.41, 5.74) is 4.55. The number of carbonyl (C=O) groups excluding carboxylic acids is 1. The Morgan fingerprint density at radius 2 is 2.09 bits per heavy atom. The molecule has 0 spiro atoms. The van der Waals surface area contributed by atoms with Crippen molar-refractivity contribution in [2.24, 2.45) is 0 Å². The Bertz CT molecular complexity index is 851. The number of pyridine rings is 1. The van der Waals surface area contributed by atoms with Crippen molar-refractivity contribution in [3.05, 3.63) is 65.6 Å². The van der Waals surface area contributed by atoms with Crippen molar-refractivity contribution in [2.75, 3.05) is 19.0 Å². The quantitative estimate of drug-likeness (QED) is 0.806. The number of aromatic nitrogens is 2. The highest BCUT2D eigenvalue weighted by molar-refractivity contribution is 5.95. The second-order valence-electron chi connectivity index (χ2n) is 5.83. The van der Waals surface area contributed by atoms with Gasteiger partial charge in [-0.3, -0.25) is 4.79 Å². The molecule has 0 aliphatic rings. The summed E-state index contributed by atoms with van der Waals surface area (Å²) in [5, 5.41) is 2.92. The SMILES string of the molecule is Cc1ccn2cc(CNC(=O)c3cccc(N(C)C)c3)nc2c1. The van der Waals surface area contributed by atoms with Crippen molar-refractivity contribution in [1.29, 1.82) is 0 Å². The molecule has 1 amide bonds. The summed E-state index contributed by atoms with van der Waals surface area (Å²) in [5.74, 6) is -0.0954. The molecule has 0 radical (unpaired) electrons. The van der Waals surface area contributed by atoms with Gasteiger partial charge in [-0.2, -0.15) is 0 Å². The van der Waals surface area contributed by atoms with Crippen LogP contribution in [0.5, 0.6) is 0 Å². The molecule has 2 aromatic heterocycles. The maximum Gasteiger partial charge on any atom is 0.251 e. The number of imidazole rings is 1. The number of fused-ring (bicyclic) bond motifs is 1. The Kier molecular flexibility index (Phi) is 4.02. The molecule has 0 saturated carbocycles. The standard InChI is InChI=1S/C18H20N4O/c1-13-7-8-22-12-15(20-17(22)9-13)11-19-18(23)14-5-4-6-16(10-14)21(2)3/h4-10,12H,11H2,1-3H3,(H,19,23). The lowest BCUT2D eigenvalue weighted by Crippen LogP contribution is -2.23. The van der Waals surface area contributed by atoms with Gasteiger partial charge in [-0.1, -0.05) is 6.07 Å². The van der Waals surface area contributed by atoms with Crippen molar-refractivity contribution in [3.63, 3.8) is 0 Å². The monoisotopic (exact) mass is 308 g/mol. The van der Waals surface area contributed by atoms with E-state index in [2.05, 4.69) is 10.3 Å². The Morgan fingerprint density at radius 1 is 1.26 bits per heavy atom. The molecule has 23 heavy (non-hydrogen) atoms. The van der Waals surface area contributed by atoms with E-state index in [9.17, 15) is 4.79 Å². The van der Waals surface area contributed by atoms with Gasteiger partial charge in [0.05, 0.1) is 12.2 Å². The van der Waals surface area contributed by atoms with Crippen LogP contribution in [0.1, 0.15) is 21.6 Å². The molecule has 5 heteroatoms. The number of nitrogens with one attached hydrogen (secondary N) is 1. The third kappa shape index (κ3) is 3.34. The average Bonchev–Trinajstić information content (AvgIpc) is 2.94. The second-order valence-corrected chi connectivity index (χ2v) is 5.83. The van der Waals surface area contributed by atoms with Gasteiger partial charge in [-0.25, -0.2) is 4.98 Å². The highest BCUT2D eigenvalue weighted by atomic mass is 16.1. The summed E-state index contributed by atoms with van der Waals surface area (Å²) in [6.07, 6.45) is 3.91. The minimum atomic E-state index is -0.0954. The van der Waals surface area contributed by atoms with E-state index in [-0.39, 0.29) is 5.91 Å². The van der Waals surface area contributed by atoms with Crippen LogP contribution in [0.25, 0.3) is 5.65 Å². The first-order chi connectivity index (χ1) is 11.0. The van der Waals surface area contributed by atoms with Crippen LogP contribution in [0.3, 0.4) is 0 Å². The molecular weight excluding hydrogens is 288 g/mol. The van der Waals surface area contributed by atoms with Gasteiger partial charge in [0.25, 0.3) is 5.91 Å². The number of amides is 1. The molecule has 3 rings (SSSR count). The average molecular weight is 308 g/mol. The van der Waals surface area contributed by atoms with Crippen molar-refractivity contribution < 1.29 is 4.79 Å². The van der Waals surface area contributed by atoms with E-state index >= 15 is 0 Å².